The number of aromatic nitrogens is 1. The molecule has 0 spiro atoms. The summed E-state index contributed by atoms with van der Waals surface area (Å²) in [6.07, 6.45) is 3.04. The van der Waals surface area contributed by atoms with Crippen molar-refractivity contribution in [2.24, 2.45) is 11.7 Å². The van der Waals surface area contributed by atoms with Crippen LogP contribution in [0.25, 0.3) is 0 Å². The highest BCUT2D eigenvalue weighted by atomic mass is 16.1. The first-order chi connectivity index (χ1) is 7.56. The zero-order valence-corrected chi connectivity index (χ0v) is 9.27. The third-order valence-electron chi connectivity index (χ3n) is 2.23. The van der Waals surface area contributed by atoms with Crippen LogP contribution in [0.1, 0.15) is 19.4 Å². The molecule has 0 saturated carbocycles. The highest BCUT2D eigenvalue weighted by molar-refractivity contribution is 5.83. The number of nitriles is 1. The maximum atomic E-state index is 11.2. The average Bonchev–Trinajstić information content (AvgIpc) is 2.25. The first kappa shape index (κ1) is 12.0. The largest absolute Gasteiger partial charge is 0.371 e. The topological polar surface area (TPSA) is 91.8 Å². The monoisotopic (exact) mass is 218 g/mol. The fourth-order valence-electron chi connectivity index (χ4n) is 1.34. The van der Waals surface area contributed by atoms with E-state index < -0.39 is 11.9 Å². The van der Waals surface area contributed by atoms with E-state index in [1.807, 2.05) is 19.9 Å². The van der Waals surface area contributed by atoms with Crippen molar-refractivity contribution in [1.29, 1.82) is 5.26 Å². The van der Waals surface area contributed by atoms with E-state index in [1.165, 1.54) is 12.4 Å². The number of rotatable bonds is 4. The third kappa shape index (κ3) is 2.70. The van der Waals surface area contributed by atoms with Gasteiger partial charge in [-0.1, -0.05) is 13.8 Å². The van der Waals surface area contributed by atoms with Crippen LogP contribution in [0.3, 0.4) is 0 Å². The smallest absolute Gasteiger partial charge is 0.240 e. The third-order valence-corrected chi connectivity index (χ3v) is 2.23. The molecule has 1 atom stereocenters. The molecule has 84 valence electrons. The van der Waals surface area contributed by atoms with Gasteiger partial charge in [-0.3, -0.25) is 9.78 Å². The normalized spacial score (nSPS) is 11.9. The summed E-state index contributed by atoms with van der Waals surface area (Å²) >= 11 is 0. The van der Waals surface area contributed by atoms with Gasteiger partial charge in [0.15, 0.2) is 0 Å². The van der Waals surface area contributed by atoms with Gasteiger partial charge in [-0.05, 0) is 12.0 Å². The van der Waals surface area contributed by atoms with E-state index in [9.17, 15) is 4.79 Å². The van der Waals surface area contributed by atoms with Crippen LogP contribution in [-0.4, -0.2) is 16.9 Å². The number of anilines is 1. The second-order valence-corrected chi connectivity index (χ2v) is 3.80. The first-order valence-electron chi connectivity index (χ1n) is 4.96. The molecule has 1 aromatic heterocycles. The number of pyridine rings is 1. The molecular formula is C11H14N4O. The number of nitrogens with two attached hydrogens (primary N) is 1. The SMILES string of the molecule is CC(C)C(Nc1cnccc1C#N)C(N)=O. The molecule has 0 bridgehead atoms. The van der Waals surface area contributed by atoms with Crippen LogP contribution in [-0.2, 0) is 4.79 Å². The number of hydrogen-bond acceptors (Lipinski definition) is 4. The van der Waals surface area contributed by atoms with Gasteiger partial charge in [0.05, 0.1) is 17.4 Å². The summed E-state index contributed by atoms with van der Waals surface area (Å²) in [4.78, 5) is 15.1. The summed E-state index contributed by atoms with van der Waals surface area (Å²) in [5.74, 6) is -0.396. The fourth-order valence-corrected chi connectivity index (χ4v) is 1.34. The van der Waals surface area contributed by atoms with Crippen molar-refractivity contribution in [3.05, 3.63) is 24.0 Å². The molecule has 0 aromatic carbocycles. The summed E-state index contributed by atoms with van der Waals surface area (Å²) in [7, 11) is 0. The van der Waals surface area contributed by atoms with Crippen LogP contribution < -0.4 is 11.1 Å². The van der Waals surface area contributed by atoms with Gasteiger partial charge in [-0.25, -0.2) is 0 Å². The molecule has 1 rings (SSSR count). The fraction of sp³-hybridized carbons (Fsp3) is 0.364. The molecule has 0 saturated heterocycles. The number of carbonyl (C=O) groups excluding carboxylic acids is 1. The number of nitrogens with zero attached hydrogens (tertiary/aromatic N) is 2. The van der Waals surface area contributed by atoms with Gasteiger partial charge in [0.25, 0.3) is 0 Å². The van der Waals surface area contributed by atoms with E-state index in [4.69, 9.17) is 11.0 Å². The molecule has 0 aliphatic rings. The van der Waals surface area contributed by atoms with E-state index in [0.29, 0.717) is 11.3 Å². The predicted molar refractivity (Wildman–Crippen MR) is 60.4 cm³/mol. The molecule has 1 aromatic rings. The summed E-state index contributed by atoms with van der Waals surface area (Å²) in [6, 6.07) is 3.10. The maximum Gasteiger partial charge on any atom is 0.240 e. The molecule has 1 amide bonds. The Kier molecular flexibility index (Phi) is 3.84. The summed E-state index contributed by atoms with van der Waals surface area (Å²) in [5.41, 5.74) is 6.25. The average molecular weight is 218 g/mol. The van der Waals surface area contributed by atoms with Crippen LogP contribution in [0.2, 0.25) is 0 Å². The standard InChI is InChI=1S/C11H14N4O/c1-7(2)10(11(13)16)15-9-6-14-4-3-8(9)5-12/h3-4,6-7,10,15H,1-2H3,(H2,13,16). The minimum Gasteiger partial charge on any atom is -0.371 e. The summed E-state index contributed by atoms with van der Waals surface area (Å²) in [5, 5.41) is 11.8. The Morgan fingerprint density at radius 2 is 2.31 bits per heavy atom. The van der Waals surface area contributed by atoms with Gasteiger partial charge in [0.1, 0.15) is 12.1 Å². The molecule has 1 unspecified atom stereocenters. The second-order valence-electron chi connectivity index (χ2n) is 3.80. The lowest BCUT2D eigenvalue weighted by Gasteiger charge is -2.20. The molecule has 0 radical (unpaired) electrons. The minimum absolute atomic E-state index is 0.0456. The molecule has 0 aliphatic carbocycles. The molecular weight excluding hydrogens is 204 g/mol. The highest BCUT2D eigenvalue weighted by Crippen LogP contribution is 2.15. The minimum atomic E-state index is -0.503. The van der Waals surface area contributed by atoms with Crippen molar-refractivity contribution in [1.82, 2.24) is 4.98 Å². The van der Waals surface area contributed by atoms with E-state index in [-0.39, 0.29) is 5.92 Å². The van der Waals surface area contributed by atoms with Crippen molar-refractivity contribution in [2.45, 2.75) is 19.9 Å². The molecule has 5 heteroatoms. The molecule has 0 fully saturated rings. The van der Waals surface area contributed by atoms with E-state index in [1.54, 1.807) is 6.07 Å². The molecule has 5 nitrogen and oxygen atoms in total. The number of primary amides is 1. The Labute approximate surface area is 94.3 Å². The Hall–Kier alpha value is -2.09. The lowest BCUT2D eigenvalue weighted by atomic mass is 10.0. The van der Waals surface area contributed by atoms with E-state index in [0.717, 1.165) is 0 Å². The van der Waals surface area contributed by atoms with Crippen molar-refractivity contribution in [2.75, 3.05) is 5.32 Å². The van der Waals surface area contributed by atoms with E-state index in [2.05, 4.69) is 10.3 Å². The highest BCUT2D eigenvalue weighted by Gasteiger charge is 2.20. The van der Waals surface area contributed by atoms with Gasteiger partial charge in [-0.2, -0.15) is 5.26 Å². The number of amides is 1. The summed E-state index contributed by atoms with van der Waals surface area (Å²) < 4.78 is 0. The lowest BCUT2D eigenvalue weighted by molar-refractivity contribution is -0.119. The van der Waals surface area contributed by atoms with Crippen molar-refractivity contribution in [3.8, 4) is 6.07 Å². The van der Waals surface area contributed by atoms with Crippen molar-refractivity contribution in [3.63, 3.8) is 0 Å². The van der Waals surface area contributed by atoms with Gasteiger partial charge in [0.2, 0.25) is 5.91 Å². The zero-order valence-electron chi connectivity index (χ0n) is 9.27. The van der Waals surface area contributed by atoms with Gasteiger partial charge >= 0.3 is 0 Å². The predicted octanol–water partition coefficient (Wildman–Crippen LogP) is 0.875. The summed E-state index contributed by atoms with van der Waals surface area (Å²) in [6.45, 7) is 3.76. The molecule has 1 heterocycles. The van der Waals surface area contributed by atoms with Crippen LogP contribution in [0.5, 0.6) is 0 Å². The first-order valence-corrected chi connectivity index (χ1v) is 4.96. The molecule has 0 aliphatic heterocycles. The Balaban J connectivity index is 2.94. The lowest BCUT2D eigenvalue weighted by Crippen LogP contribution is -2.39. The van der Waals surface area contributed by atoms with Crippen LogP contribution in [0.4, 0.5) is 5.69 Å². The Bertz CT molecular complexity index is 422. The van der Waals surface area contributed by atoms with Crippen LogP contribution in [0, 0.1) is 17.2 Å². The van der Waals surface area contributed by atoms with Crippen LogP contribution >= 0.6 is 0 Å². The van der Waals surface area contributed by atoms with E-state index >= 15 is 0 Å². The Morgan fingerprint density at radius 1 is 1.62 bits per heavy atom. The Morgan fingerprint density at radius 3 is 2.81 bits per heavy atom. The van der Waals surface area contributed by atoms with Crippen molar-refractivity contribution < 1.29 is 4.79 Å². The molecule has 3 N–H and O–H groups in total. The van der Waals surface area contributed by atoms with Gasteiger partial charge in [-0.15, -0.1) is 0 Å². The number of carbonyl (C=O) groups is 1. The zero-order chi connectivity index (χ0) is 12.1. The number of hydrogen-bond donors (Lipinski definition) is 2. The van der Waals surface area contributed by atoms with Gasteiger partial charge in [0, 0.05) is 6.20 Å². The maximum absolute atomic E-state index is 11.2. The quantitative estimate of drug-likeness (QED) is 0.784. The molecule has 16 heavy (non-hydrogen) atoms. The van der Waals surface area contributed by atoms with Crippen LogP contribution in [0.15, 0.2) is 18.5 Å². The van der Waals surface area contributed by atoms with Crippen molar-refractivity contribution >= 4 is 11.6 Å². The number of nitrogens with one attached hydrogen (secondary N) is 1. The second kappa shape index (κ2) is 5.12. The van der Waals surface area contributed by atoms with Gasteiger partial charge < -0.3 is 11.1 Å².